The first kappa shape index (κ1) is 17.2. The van der Waals surface area contributed by atoms with E-state index in [9.17, 15) is 9.90 Å². The highest BCUT2D eigenvalue weighted by molar-refractivity contribution is 5.82. The molecule has 2 aliphatic heterocycles. The molecule has 1 amide bonds. The van der Waals surface area contributed by atoms with Gasteiger partial charge in [0.15, 0.2) is 0 Å². The Balaban J connectivity index is 1.55. The Morgan fingerprint density at radius 2 is 2.08 bits per heavy atom. The Kier molecular flexibility index (Phi) is 5.38. The summed E-state index contributed by atoms with van der Waals surface area (Å²) < 4.78 is 5.31. The van der Waals surface area contributed by atoms with Crippen molar-refractivity contribution in [2.24, 2.45) is 0 Å². The molecule has 132 valence electrons. The Hall–Kier alpha value is -1.63. The van der Waals surface area contributed by atoms with E-state index < -0.39 is 6.10 Å². The summed E-state index contributed by atoms with van der Waals surface area (Å²) in [6.07, 6.45) is 0.132. The van der Waals surface area contributed by atoms with E-state index in [-0.39, 0.29) is 11.9 Å². The van der Waals surface area contributed by atoms with E-state index in [4.69, 9.17) is 4.74 Å². The first-order valence-corrected chi connectivity index (χ1v) is 8.66. The van der Waals surface area contributed by atoms with E-state index in [0.29, 0.717) is 19.0 Å². The first-order chi connectivity index (χ1) is 11.6. The molecular weight excluding hydrogens is 306 g/mol. The van der Waals surface area contributed by atoms with Gasteiger partial charge in [-0.25, -0.2) is 0 Å². The number of aliphatic hydroxyl groups excluding tert-OH is 1. The lowest BCUT2D eigenvalue weighted by Crippen LogP contribution is -2.53. The van der Waals surface area contributed by atoms with Crippen LogP contribution < -0.4 is 10.1 Å². The van der Waals surface area contributed by atoms with Crippen LogP contribution in [0.15, 0.2) is 24.3 Å². The maximum absolute atomic E-state index is 12.5. The smallest absolute Gasteiger partial charge is 0.239 e. The molecule has 3 rings (SSSR count). The molecule has 24 heavy (non-hydrogen) atoms. The fourth-order valence-electron chi connectivity index (χ4n) is 3.57. The average Bonchev–Trinajstić information content (AvgIpc) is 3.07. The summed E-state index contributed by atoms with van der Waals surface area (Å²) in [7, 11) is 1.68. The molecule has 0 spiro atoms. The van der Waals surface area contributed by atoms with Gasteiger partial charge < -0.3 is 20.1 Å². The number of benzene rings is 1. The molecule has 3 atom stereocenters. The zero-order chi connectivity index (χ0) is 17.1. The maximum atomic E-state index is 12.5. The van der Waals surface area contributed by atoms with Crippen LogP contribution in [-0.2, 0) is 4.79 Å². The summed E-state index contributed by atoms with van der Waals surface area (Å²) >= 11 is 0. The van der Waals surface area contributed by atoms with Crippen molar-refractivity contribution in [1.82, 2.24) is 15.1 Å². The van der Waals surface area contributed by atoms with Gasteiger partial charge in [0.25, 0.3) is 0 Å². The van der Waals surface area contributed by atoms with Crippen molar-refractivity contribution in [1.29, 1.82) is 0 Å². The van der Waals surface area contributed by atoms with Crippen molar-refractivity contribution < 1.29 is 14.6 Å². The molecule has 0 aromatic heterocycles. The van der Waals surface area contributed by atoms with Crippen LogP contribution >= 0.6 is 0 Å². The second kappa shape index (κ2) is 7.51. The SMILES string of the molecule is COc1cccc(C(C)N2CCN(C(=O)C3CC(O)CN3)CC2)c1. The number of hydrogen-bond donors (Lipinski definition) is 2. The van der Waals surface area contributed by atoms with Crippen molar-refractivity contribution in [3.05, 3.63) is 29.8 Å². The number of aliphatic hydroxyl groups is 1. The van der Waals surface area contributed by atoms with Crippen molar-refractivity contribution in [2.45, 2.75) is 31.5 Å². The number of ether oxygens (including phenoxy) is 1. The van der Waals surface area contributed by atoms with E-state index in [1.54, 1.807) is 7.11 Å². The molecule has 2 aliphatic rings. The van der Waals surface area contributed by atoms with Gasteiger partial charge in [0.2, 0.25) is 5.91 Å². The number of carbonyl (C=O) groups is 1. The summed E-state index contributed by atoms with van der Waals surface area (Å²) in [6.45, 7) is 5.91. The molecule has 6 nitrogen and oxygen atoms in total. The van der Waals surface area contributed by atoms with E-state index in [1.807, 2.05) is 17.0 Å². The summed E-state index contributed by atoms with van der Waals surface area (Å²) in [5.74, 6) is 0.999. The predicted molar refractivity (Wildman–Crippen MR) is 92.0 cm³/mol. The Morgan fingerprint density at radius 1 is 1.33 bits per heavy atom. The summed E-state index contributed by atoms with van der Waals surface area (Å²) in [6, 6.07) is 8.24. The third kappa shape index (κ3) is 3.71. The molecule has 1 aromatic rings. The van der Waals surface area contributed by atoms with Gasteiger partial charge in [0.1, 0.15) is 5.75 Å². The van der Waals surface area contributed by atoms with E-state index >= 15 is 0 Å². The molecule has 2 saturated heterocycles. The van der Waals surface area contributed by atoms with Gasteiger partial charge in [-0.1, -0.05) is 12.1 Å². The molecule has 1 aromatic carbocycles. The van der Waals surface area contributed by atoms with Gasteiger partial charge in [-0.05, 0) is 31.0 Å². The van der Waals surface area contributed by atoms with E-state index in [1.165, 1.54) is 5.56 Å². The zero-order valence-electron chi connectivity index (χ0n) is 14.4. The predicted octanol–water partition coefficient (Wildman–Crippen LogP) is 0.623. The minimum Gasteiger partial charge on any atom is -0.497 e. The highest BCUT2D eigenvalue weighted by atomic mass is 16.5. The molecule has 3 unspecified atom stereocenters. The van der Waals surface area contributed by atoms with Crippen molar-refractivity contribution in [3.8, 4) is 5.75 Å². The number of carbonyl (C=O) groups excluding carboxylic acids is 1. The van der Waals surface area contributed by atoms with Crippen LogP contribution in [0.1, 0.15) is 24.9 Å². The molecule has 0 aliphatic carbocycles. The van der Waals surface area contributed by atoms with E-state index in [0.717, 1.165) is 31.9 Å². The van der Waals surface area contributed by atoms with Gasteiger partial charge in [0, 0.05) is 38.8 Å². The van der Waals surface area contributed by atoms with Crippen LogP contribution in [0.5, 0.6) is 5.75 Å². The number of rotatable bonds is 4. The Bertz CT molecular complexity index is 572. The molecule has 0 radical (unpaired) electrons. The number of amides is 1. The fourth-order valence-corrected chi connectivity index (χ4v) is 3.57. The zero-order valence-corrected chi connectivity index (χ0v) is 14.4. The number of piperazine rings is 1. The molecule has 2 N–H and O–H groups in total. The molecule has 6 heteroatoms. The third-order valence-corrected chi connectivity index (χ3v) is 5.16. The number of β-amino-alcohol motifs (C(OH)–C–C–N with tert-alkyl or cyclic N) is 1. The largest absolute Gasteiger partial charge is 0.497 e. The molecule has 2 fully saturated rings. The summed E-state index contributed by atoms with van der Waals surface area (Å²) in [5, 5.41) is 12.7. The van der Waals surface area contributed by atoms with Gasteiger partial charge >= 0.3 is 0 Å². The van der Waals surface area contributed by atoms with Crippen LogP contribution in [0, 0.1) is 0 Å². The Labute approximate surface area is 143 Å². The van der Waals surface area contributed by atoms with Crippen molar-refractivity contribution in [2.75, 3.05) is 39.8 Å². The number of nitrogens with one attached hydrogen (secondary N) is 1. The second-order valence-corrected chi connectivity index (χ2v) is 6.66. The van der Waals surface area contributed by atoms with Crippen LogP contribution in [0.2, 0.25) is 0 Å². The highest BCUT2D eigenvalue weighted by Gasteiger charge is 2.33. The highest BCUT2D eigenvalue weighted by Crippen LogP contribution is 2.25. The van der Waals surface area contributed by atoms with E-state index in [2.05, 4.69) is 29.3 Å². The lowest BCUT2D eigenvalue weighted by atomic mass is 10.1. The van der Waals surface area contributed by atoms with Gasteiger partial charge in [-0.3, -0.25) is 9.69 Å². The molecular formula is C18H27N3O3. The summed E-state index contributed by atoms with van der Waals surface area (Å²) in [5.41, 5.74) is 1.23. The second-order valence-electron chi connectivity index (χ2n) is 6.66. The lowest BCUT2D eigenvalue weighted by molar-refractivity contribution is -0.135. The third-order valence-electron chi connectivity index (χ3n) is 5.16. The van der Waals surface area contributed by atoms with Gasteiger partial charge in [0.05, 0.1) is 19.3 Å². The topological polar surface area (TPSA) is 65.0 Å². The van der Waals surface area contributed by atoms with Crippen LogP contribution in [0.3, 0.4) is 0 Å². The Morgan fingerprint density at radius 3 is 2.71 bits per heavy atom. The molecule has 2 heterocycles. The number of methoxy groups -OCH3 is 1. The van der Waals surface area contributed by atoms with Crippen molar-refractivity contribution in [3.63, 3.8) is 0 Å². The average molecular weight is 333 g/mol. The number of nitrogens with zero attached hydrogens (tertiary/aromatic N) is 2. The van der Waals surface area contributed by atoms with Crippen LogP contribution in [-0.4, -0.2) is 72.8 Å². The van der Waals surface area contributed by atoms with Crippen LogP contribution in [0.25, 0.3) is 0 Å². The fraction of sp³-hybridized carbons (Fsp3) is 0.611. The summed E-state index contributed by atoms with van der Waals surface area (Å²) in [4.78, 5) is 16.8. The monoisotopic (exact) mass is 333 g/mol. The van der Waals surface area contributed by atoms with Crippen molar-refractivity contribution >= 4 is 5.91 Å². The lowest BCUT2D eigenvalue weighted by Gasteiger charge is -2.39. The van der Waals surface area contributed by atoms with Crippen LogP contribution in [0.4, 0.5) is 0 Å². The molecule has 0 bridgehead atoms. The van der Waals surface area contributed by atoms with Gasteiger partial charge in [-0.15, -0.1) is 0 Å². The first-order valence-electron chi connectivity index (χ1n) is 8.66. The quantitative estimate of drug-likeness (QED) is 0.846. The molecule has 0 saturated carbocycles. The minimum atomic E-state index is -0.395. The normalized spacial score (nSPS) is 26.4. The number of hydrogen-bond acceptors (Lipinski definition) is 5. The van der Waals surface area contributed by atoms with Gasteiger partial charge in [-0.2, -0.15) is 0 Å². The maximum Gasteiger partial charge on any atom is 0.239 e. The minimum absolute atomic E-state index is 0.125. The standard InChI is InChI=1S/C18H27N3O3/c1-13(14-4-3-5-16(10-14)24-2)20-6-8-21(9-7-20)18(23)17-11-15(22)12-19-17/h3-5,10,13,15,17,19,22H,6-9,11-12H2,1-2H3.